The fourth-order valence-electron chi connectivity index (χ4n) is 4.96. The number of fused-ring (bicyclic) bond motifs is 3. The summed E-state index contributed by atoms with van der Waals surface area (Å²) >= 11 is 0. The largest absolute Gasteiger partial charge is 0.480 e. The summed E-state index contributed by atoms with van der Waals surface area (Å²) in [6.45, 7) is 0.299. The zero-order valence-corrected chi connectivity index (χ0v) is 18.7. The highest BCUT2D eigenvalue weighted by Gasteiger charge is 2.36. The molecule has 5 rings (SSSR count). The molecule has 0 saturated carbocycles. The summed E-state index contributed by atoms with van der Waals surface area (Å²) in [5, 5.41) is 11.7. The van der Waals surface area contributed by atoms with Crippen LogP contribution in [0.2, 0.25) is 0 Å². The number of ether oxygens (including phenoxy) is 1. The number of carboxylic acids is 1. The molecule has 8 heteroatoms. The average molecular weight is 474 g/mol. The van der Waals surface area contributed by atoms with E-state index in [-0.39, 0.29) is 30.3 Å². The van der Waals surface area contributed by atoms with Crippen molar-refractivity contribution in [3.8, 4) is 11.1 Å². The Hall–Kier alpha value is -4.20. The first-order chi connectivity index (χ1) is 17.0. The van der Waals surface area contributed by atoms with Crippen LogP contribution in [0.5, 0.6) is 0 Å². The van der Waals surface area contributed by atoms with Crippen molar-refractivity contribution in [3.05, 3.63) is 89.2 Å². The molecule has 35 heavy (non-hydrogen) atoms. The van der Waals surface area contributed by atoms with E-state index in [2.05, 4.69) is 5.32 Å². The number of aliphatic carboxylic acids is 1. The van der Waals surface area contributed by atoms with E-state index in [4.69, 9.17) is 4.74 Å². The molecule has 3 aromatic rings. The summed E-state index contributed by atoms with van der Waals surface area (Å²) in [6.07, 6.45) is 0.00233. The quantitative estimate of drug-likeness (QED) is 0.550. The third-order valence-electron chi connectivity index (χ3n) is 6.61. The lowest BCUT2D eigenvalue weighted by molar-refractivity contribution is -0.141. The Balaban J connectivity index is 1.29. The fraction of sp³-hybridized carbons (Fsp3) is 0.222. The number of amides is 2. The van der Waals surface area contributed by atoms with Gasteiger partial charge in [-0.1, -0.05) is 54.6 Å². The van der Waals surface area contributed by atoms with Crippen LogP contribution in [0.1, 0.15) is 40.2 Å². The Bertz CT molecular complexity index is 1280. The van der Waals surface area contributed by atoms with Crippen molar-refractivity contribution in [2.45, 2.75) is 24.8 Å². The van der Waals surface area contributed by atoms with Crippen LogP contribution in [0, 0.1) is 5.82 Å². The molecule has 1 fully saturated rings. The van der Waals surface area contributed by atoms with Crippen molar-refractivity contribution in [1.29, 1.82) is 0 Å². The first kappa shape index (κ1) is 22.6. The molecule has 2 aliphatic rings. The van der Waals surface area contributed by atoms with Gasteiger partial charge in [-0.05, 0) is 47.2 Å². The molecule has 7 nitrogen and oxygen atoms in total. The van der Waals surface area contributed by atoms with Crippen molar-refractivity contribution < 1.29 is 28.6 Å². The third kappa shape index (κ3) is 4.12. The number of nitrogens with one attached hydrogen (secondary N) is 1. The van der Waals surface area contributed by atoms with Crippen molar-refractivity contribution in [3.63, 3.8) is 0 Å². The maximum absolute atomic E-state index is 15.1. The van der Waals surface area contributed by atoms with Gasteiger partial charge in [0, 0.05) is 12.5 Å². The van der Waals surface area contributed by atoms with E-state index in [1.807, 2.05) is 48.5 Å². The normalized spacial score (nSPS) is 16.5. The Labute approximate surface area is 201 Å². The van der Waals surface area contributed by atoms with Gasteiger partial charge >= 0.3 is 12.1 Å². The second kappa shape index (κ2) is 9.21. The zero-order valence-electron chi connectivity index (χ0n) is 18.7. The van der Waals surface area contributed by atoms with E-state index in [1.165, 1.54) is 18.2 Å². The second-order valence-electron chi connectivity index (χ2n) is 8.61. The van der Waals surface area contributed by atoms with Crippen LogP contribution in [0.25, 0.3) is 11.1 Å². The number of halogens is 1. The van der Waals surface area contributed by atoms with Gasteiger partial charge in [-0.15, -0.1) is 0 Å². The predicted octanol–water partition coefficient (Wildman–Crippen LogP) is 4.88. The van der Waals surface area contributed by atoms with Gasteiger partial charge in [0.15, 0.2) is 5.82 Å². The third-order valence-corrected chi connectivity index (χ3v) is 6.61. The molecule has 1 saturated heterocycles. The Morgan fingerprint density at radius 1 is 0.971 bits per heavy atom. The van der Waals surface area contributed by atoms with E-state index in [9.17, 15) is 19.5 Å². The first-order valence-corrected chi connectivity index (χ1v) is 11.4. The highest BCUT2D eigenvalue weighted by atomic mass is 19.1. The Kier molecular flexibility index (Phi) is 5.94. The summed E-state index contributed by atoms with van der Waals surface area (Å²) < 4.78 is 20.6. The second-order valence-corrected chi connectivity index (χ2v) is 8.61. The lowest BCUT2D eigenvalue weighted by Gasteiger charge is -2.22. The molecule has 178 valence electrons. The van der Waals surface area contributed by atoms with Gasteiger partial charge < -0.3 is 14.7 Å². The van der Waals surface area contributed by atoms with Crippen LogP contribution in [-0.4, -0.2) is 47.2 Å². The number of likely N-dealkylation sites (tertiary alicyclic amines) is 1. The summed E-state index contributed by atoms with van der Waals surface area (Å²) in [4.78, 5) is 38.0. The molecule has 1 aliphatic heterocycles. The van der Waals surface area contributed by atoms with E-state index >= 15 is 4.39 Å². The Morgan fingerprint density at radius 2 is 1.63 bits per heavy atom. The number of nitrogens with zero attached hydrogens (tertiary/aromatic N) is 1. The number of hydrogen-bond acceptors (Lipinski definition) is 4. The van der Waals surface area contributed by atoms with Crippen LogP contribution in [0.3, 0.4) is 0 Å². The number of carboxylic acid groups (broad SMARTS) is 1. The highest BCUT2D eigenvalue weighted by Crippen LogP contribution is 2.44. The maximum atomic E-state index is 15.1. The van der Waals surface area contributed by atoms with Gasteiger partial charge in [0.25, 0.3) is 5.91 Å². The lowest BCUT2D eigenvalue weighted by atomic mass is 9.98. The molecule has 1 atom stereocenters. The summed E-state index contributed by atoms with van der Waals surface area (Å²) in [6, 6.07) is 18.9. The molecule has 0 aromatic heterocycles. The molecule has 1 heterocycles. The molecular formula is C27H23FN2O5. The van der Waals surface area contributed by atoms with Gasteiger partial charge in [-0.3, -0.25) is 10.1 Å². The zero-order chi connectivity index (χ0) is 24.5. The number of hydrogen-bond donors (Lipinski definition) is 2. The predicted molar refractivity (Wildman–Crippen MR) is 127 cm³/mol. The Morgan fingerprint density at radius 3 is 2.29 bits per heavy atom. The maximum Gasteiger partial charge on any atom is 0.411 e. The van der Waals surface area contributed by atoms with Crippen molar-refractivity contribution in [2.24, 2.45) is 0 Å². The molecule has 3 aromatic carbocycles. The standard InChI is InChI=1S/C27H23FN2O5/c28-24-20(25(31)30-14-6-13-23(30)26(32)33)11-5-12-22(24)29-27(34)35-15-21-18-9-3-1-7-16(18)17-8-2-4-10-19(17)21/h1-5,7-12,21,23H,6,13-15H2,(H,29,34)(H,32,33)/t23-/m0/s1. The summed E-state index contributed by atoms with van der Waals surface area (Å²) in [5.74, 6) is -2.91. The van der Waals surface area contributed by atoms with Crippen molar-refractivity contribution >= 4 is 23.7 Å². The fourth-order valence-corrected chi connectivity index (χ4v) is 4.96. The number of carbonyl (C=O) groups is 3. The van der Waals surface area contributed by atoms with E-state index in [0.29, 0.717) is 12.8 Å². The molecule has 0 radical (unpaired) electrons. The monoisotopic (exact) mass is 474 g/mol. The number of anilines is 1. The van der Waals surface area contributed by atoms with E-state index in [0.717, 1.165) is 27.2 Å². The summed E-state index contributed by atoms with van der Waals surface area (Å²) in [7, 11) is 0. The van der Waals surface area contributed by atoms with Crippen LogP contribution < -0.4 is 5.32 Å². The number of rotatable bonds is 5. The molecule has 1 aliphatic carbocycles. The topological polar surface area (TPSA) is 95.9 Å². The van der Waals surface area contributed by atoms with Gasteiger partial charge in [-0.2, -0.15) is 0 Å². The van der Waals surface area contributed by atoms with Gasteiger partial charge in [0.05, 0.1) is 11.3 Å². The highest BCUT2D eigenvalue weighted by molar-refractivity contribution is 5.99. The van der Waals surface area contributed by atoms with Crippen LogP contribution >= 0.6 is 0 Å². The molecule has 2 N–H and O–H groups in total. The SMILES string of the molecule is O=C(Nc1cccc(C(=O)N2CCC[C@H]2C(=O)O)c1F)OCC1c2ccccc2-c2ccccc21. The minimum atomic E-state index is -1.12. The minimum absolute atomic E-state index is 0.0637. The van der Waals surface area contributed by atoms with Crippen molar-refractivity contribution in [2.75, 3.05) is 18.5 Å². The van der Waals surface area contributed by atoms with Crippen LogP contribution in [0.4, 0.5) is 14.9 Å². The molecule has 0 bridgehead atoms. The van der Waals surface area contributed by atoms with Crippen LogP contribution in [-0.2, 0) is 9.53 Å². The molecule has 0 unspecified atom stereocenters. The van der Waals surface area contributed by atoms with E-state index in [1.54, 1.807) is 0 Å². The summed E-state index contributed by atoms with van der Waals surface area (Å²) in [5.41, 5.74) is 3.79. The smallest absolute Gasteiger partial charge is 0.411 e. The van der Waals surface area contributed by atoms with Crippen LogP contribution in [0.15, 0.2) is 66.7 Å². The molecule has 0 spiro atoms. The van der Waals surface area contributed by atoms with Gasteiger partial charge in [-0.25, -0.2) is 14.0 Å². The number of carbonyl (C=O) groups excluding carboxylic acids is 2. The first-order valence-electron chi connectivity index (χ1n) is 11.4. The van der Waals surface area contributed by atoms with Gasteiger partial charge in [0.2, 0.25) is 0 Å². The molecule has 2 amide bonds. The number of benzene rings is 3. The van der Waals surface area contributed by atoms with Crippen molar-refractivity contribution in [1.82, 2.24) is 4.90 Å². The molecular weight excluding hydrogens is 451 g/mol. The average Bonchev–Trinajstić information content (AvgIpc) is 3.47. The van der Waals surface area contributed by atoms with Gasteiger partial charge in [0.1, 0.15) is 12.6 Å². The lowest BCUT2D eigenvalue weighted by Crippen LogP contribution is -2.40. The van der Waals surface area contributed by atoms with E-state index < -0.39 is 29.8 Å². The minimum Gasteiger partial charge on any atom is -0.480 e.